The van der Waals surface area contributed by atoms with Gasteiger partial charge in [0.2, 0.25) is 0 Å². The summed E-state index contributed by atoms with van der Waals surface area (Å²) in [7, 11) is 0. The van der Waals surface area contributed by atoms with Crippen LogP contribution in [0.2, 0.25) is 0 Å². The summed E-state index contributed by atoms with van der Waals surface area (Å²) in [5, 5.41) is 0. The molecule has 4 heteroatoms. The summed E-state index contributed by atoms with van der Waals surface area (Å²) in [6, 6.07) is 2.06. The van der Waals surface area contributed by atoms with Crippen molar-refractivity contribution in [3.63, 3.8) is 0 Å². The van der Waals surface area contributed by atoms with Crippen molar-refractivity contribution in [3.8, 4) is 0 Å². The molecule has 2 rings (SSSR count). The number of hydrogen-bond acceptors (Lipinski definition) is 2. The van der Waals surface area contributed by atoms with Crippen LogP contribution in [-0.2, 0) is 6.54 Å². The molecule has 0 spiro atoms. The van der Waals surface area contributed by atoms with Crippen molar-refractivity contribution >= 4 is 5.91 Å². The van der Waals surface area contributed by atoms with Gasteiger partial charge in [-0.25, -0.2) is 0 Å². The molecule has 0 aliphatic carbocycles. The molecular weight excluding hydrogens is 276 g/mol. The third kappa shape index (κ3) is 3.01. The second-order valence-corrected chi connectivity index (χ2v) is 5.99. The molecule has 22 heavy (non-hydrogen) atoms. The smallest absolute Gasteiger partial charge is 0.263 e. The second kappa shape index (κ2) is 6.95. The number of unbranched alkanes of at least 4 members (excludes halogenated alkanes) is 1. The van der Waals surface area contributed by atoms with Crippen LogP contribution in [0.1, 0.15) is 54.7 Å². The van der Waals surface area contributed by atoms with Crippen LogP contribution < -0.4 is 5.56 Å². The summed E-state index contributed by atoms with van der Waals surface area (Å²) in [5.74, 6) is -0.129. The van der Waals surface area contributed by atoms with E-state index in [9.17, 15) is 9.59 Å². The Bertz CT molecular complexity index is 643. The molecule has 1 unspecified atom stereocenters. The molecule has 0 saturated heterocycles. The molecular formula is C18H26N2O2. The first-order valence-electron chi connectivity index (χ1n) is 8.19. The van der Waals surface area contributed by atoms with Crippen LogP contribution in [0.25, 0.3) is 0 Å². The van der Waals surface area contributed by atoms with Crippen molar-refractivity contribution in [2.24, 2.45) is 0 Å². The largest absolute Gasteiger partial charge is 0.328 e. The van der Waals surface area contributed by atoms with Gasteiger partial charge in [0, 0.05) is 18.8 Å². The van der Waals surface area contributed by atoms with E-state index in [4.69, 9.17) is 0 Å². The van der Waals surface area contributed by atoms with Crippen molar-refractivity contribution in [2.45, 2.75) is 59.5 Å². The highest BCUT2D eigenvalue weighted by atomic mass is 16.2. The molecule has 0 N–H and O–H groups in total. The van der Waals surface area contributed by atoms with Crippen LogP contribution in [0, 0.1) is 13.8 Å². The highest BCUT2D eigenvalue weighted by Gasteiger charge is 2.28. The van der Waals surface area contributed by atoms with E-state index < -0.39 is 0 Å². The lowest BCUT2D eigenvalue weighted by atomic mass is 10.1. The van der Waals surface area contributed by atoms with Crippen LogP contribution in [0.4, 0.5) is 0 Å². The van der Waals surface area contributed by atoms with E-state index in [0.29, 0.717) is 18.7 Å². The number of carbonyl (C=O) groups is 1. The minimum atomic E-state index is -0.161. The average molecular weight is 302 g/mol. The van der Waals surface area contributed by atoms with E-state index in [-0.39, 0.29) is 17.5 Å². The molecule has 1 atom stereocenters. The van der Waals surface area contributed by atoms with E-state index in [2.05, 4.69) is 13.0 Å². The molecule has 1 aliphatic rings. The van der Waals surface area contributed by atoms with Gasteiger partial charge in [-0.05, 0) is 38.8 Å². The first kappa shape index (κ1) is 16.5. The summed E-state index contributed by atoms with van der Waals surface area (Å²) < 4.78 is 1.67. The number of pyridine rings is 1. The summed E-state index contributed by atoms with van der Waals surface area (Å²) in [5.41, 5.74) is 1.85. The zero-order valence-electron chi connectivity index (χ0n) is 14.1. The van der Waals surface area contributed by atoms with E-state index in [1.54, 1.807) is 4.57 Å². The summed E-state index contributed by atoms with van der Waals surface area (Å²) in [4.78, 5) is 27.4. The molecule has 1 aromatic heterocycles. The predicted molar refractivity (Wildman–Crippen MR) is 89.3 cm³/mol. The molecule has 0 radical (unpaired) electrons. The molecule has 4 nitrogen and oxygen atoms in total. The van der Waals surface area contributed by atoms with Crippen molar-refractivity contribution in [2.75, 3.05) is 6.54 Å². The highest BCUT2D eigenvalue weighted by Crippen LogP contribution is 2.19. The standard InChI is InChI=1S/C18H26N2O2/c1-5-7-9-15-10-8-11-20(15)18(22)16-13(3)12-14(4)19(6-2)17(16)21/h8,10,12,15H,5-7,9,11H2,1-4H3. The van der Waals surface area contributed by atoms with Crippen LogP contribution >= 0.6 is 0 Å². The van der Waals surface area contributed by atoms with Crippen molar-refractivity contribution in [1.82, 2.24) is 9.47 Å². The van der Waals surface area contributed by atoms with Gasteiger partial charge in [-0.15, -0.1) is 0 Å². The van der Waals surface area contributed by atoms with Crippen LogP contribution in [0.3, 0.4) is 0 Å². The van der Waals surface area contributed by atoms with Crippen LogP contribution in [-0.4, -0.2) is 28.0 Å². The number of carbonyl (C=O) groups excluding carboxylic acids is 1. The zero-order valence-corrected chi connectivity index (χ0v) is 14.1. The quantitative estimate of drug-likeness (QED) is 0.785. The summed E-state index contributed by atoms with van der Waals surface area (Å²) in [6.45, 7) is 9.03. The number of amides is 1. The molecule has 1 aromatic rings. The Morgan fingerprint density at radius 3 is 2.68 bits per heavy atom. The maximum absolute atomic E-state index is 12.9. The van der Waals surface area contributed by atoms with Crippen molar-refractivity contribution in [3.05, 3.63) is 45.4 Å². The van der Waals surface area contributed by atoms with E-state index in [1.165, 1.54) is 0 Å². The highest BCUT2D eigenvalue weighted by molar-refractivity contribution is 5.96. The van der Waals surface area contributed by atoms with E-state index in [0.717, 1.165) is 30.5 Å². The molecule has 0 saturated carbocycles. The van der Waals surface area contributed by atoms with Gasteiger partial charge in [0.25, 0.3) is 11.5 Å². The number of aryl methyl sites for hydroxylation is 2. The topological polar surface area (TPSA) is 42.3 Å². The van der Waals surface area contributed by atoms with Gasteiger partial charge in [-0.2, -0.15) is 0 Å². The maximum atomic E-state index is 12.9. The van der Waals surface area contributed by atoms with Gasteiger partial charge in [-0.1, -0.05) is 31.9 Å². The monoisotopic (exact) mass is 302 g/mol. The molecule has 1 amide bonds. The van der Waals surface area contributed by atoms with Crippen molar-refractivity contribution in [1.29, 1.82) is 0 Å². The molecule has 1 aliphatic heterocycles. The predicted octanol–water partition coefficient (Wildman–Crippen LogP) is 3.06. The summed E-state index contributed by atoms with van der Waals surface area (Å²) in [6.07, 6.45) is 7.28. The van der Waals surface area contributed by atoms with Crippen LogP contribution in [0.15, 0.2) is 23.0 Å². The molecule has 2 heterocycles. The van der Waals surface area contributed by atoms with Gasteiger partial charge < -0.3 is 9.47 Å². The first-order chi connectivity index (χ1) is 10.5. The normalized spacial score (nSPS) is 17.3. The van der Waals surface area contributed by atoms with Crippen molar-refractivity contribution < 1.29 is 4.79 Å². The van der Waals surface area contributed by atoms with Gasteiger partial charge >= 0.3 is 0 Å². The minimum Gasteiger partial charge on any atom is -0.328 e. The second-order valence-electron chi connectivity index (χ2n) is 5.99. The lowest BCUT2D eigenvalue weighted by molar-refractivity contribution is 0.0740. The third-order valence-electron chi connectivity index (χ3n) is 4.41. The molecule has 0 bridgehead atoms. The Labute approximate surface area is 132 Å². The fraction of sp³-hybridized carbons (Fsp3) is 0.556. The molecule has 0 aromatic carbocycles. The maximum Gasteiger partial charge on any atom is 0.263 e. The number of nitrogens with zero attached hydrogens (tertiary/aromatic N) is 2. The number of hydrogen-bond donors (Lipinski definition) is 0. The molecule has 120 valence electrons. The fourth-order valence-corrected chi connectivity index (χ4v) is 3.19. The number of rotatable bonds is 5. The minimum absolute atomic E-state index is 0.127. The first-order valence-corrected chi connectivity index (χ1v) is 8.19. The van der Waals surface area contributed by atoms with E-state index >= 15 is 0 Å². The van der Waals surface area contributed by atoms with Crippen LogP contribution in [0.5, 0.6) is 0 Å². The average Bonchev–Trinajstić information content (AvgIpc) is 2.93. The van der Waals surface area contributed by atoms with Gasteiger partial charge in [-0.3, -0.25) is 9.59 Å². The Balaban J connectivity index is 2.36. The van der Waals surface area contributed by atoms with Gasteiger partial charge in [0.1, 0.15) is 5.56 Å². The SMILES string of the molecule is CCCCC1C=CCN1C(=O)c1c(C)cc(C)n(CC)c1=O. The Kier molecular flexibility index (Phi) is 5.22. The molecule has 0 fully saturated rings. The lowest BCUT2D eigenvalue weighted by Gasteiger charge is -2.25. The Hall–Kier alpha value is -1.84. The Morgan fingerprint density at radius 1 is 1.32 bits per heavy atom. The lowest BCUT2D eigenvalue weighted by Crippen LogP contribution is -2.41. The summed E-state index contributed by atoms with van der Waals surface area (Å²) >= 11 is 0. The fourth-order valence-electron chi connectivity index (χ4n) is 3.19. The van der Waals surface area contributed by atoms with Gasteiger partial charge in [0.15, 0.2) is 0 Å². The zero-order chi connectivity index (χ0) is 16.3. The van der Waals surface area contributed by atoms with E-state index in [1.807, 2.05) is 37.8 Å². The Morgan fingerprint density at radius 2 is 2.05 bits per heavy atom. The van der Waals surface area contributed by atoms with Gasteiger partial charge in [0.05, 0.1) is 6.04 Å². The number of aromatic nitrogens is 1. The third-order valence-corrected chi connectivity index (χ3v) is 4.41.